The normalized spacial score (nSPS) is 44.3. The average Bonchev–Trinajstić information content (AvgIpc) is 3.08. The van der Waals surface area contributed by atoms with Crippen molar-refractivity contribution in [3.05, 3.63) is 22.8 Å². The molecule has 32 heavy (non-hydrogen) atoms. The molecule has 0 aliphatic heterocycles. The summed E-state index contributed by atoms with van der Waals surface area (Å²) < 4.78 is 0. The van der Waals surface area contributed by atoms with Gasteiger partial charge in [-0.15, -0.1) is 0 Å². The maximum absolute atomic E-state index is 12.2. The second kappa shape index (κ2) is 8.29. The Morgan fingerprint density at radius 3 is 2.50 bits per heavy atom. The second-order valence-electron chi connectivity index (χ2n) is 12.7. The van der Waals surface area contributed by atoms with Crippen molar-refractivity contribution in [3.63, 3.8) is 0 Å². The van der Waals surface area contributed by atoms with Crippen molar-refractivity contribution >= 4 is 5.97 Å². The minimum Gasteiger partial charge on any atom is -0.549 e. The summed E-state index contributed by atoms with van der Waals surface area (Å²) in [6.45, 7) is 13.5. The van der Waals surface area contributed by atoms with Crippen LogP contribution in [-0.4, -0.2) is 17.2 Å². The van der Waals surface area contributed by atoms with Crippen LogP contribution in [0.25, 0.3) is 0 Å². The lowest BCUT2D eigenvalue weighted by molar-refractivity contribution is -0.331. The number of fused-ring (bicyclic) bond motifs is 4. The first-order chi connectivity index (χ1) is 15.0. The summed E-state index contributed by atoms with van der Waals surface area (Å²) in [6, 6.07) is 0. The van der Waals surface area contributed by atoms with Gasteiger partial charge in [0.15, 0.2) is 0 Å². The van der Waals surface area contributed by atoms with E-state index in [4.69, 9.17) is 0 Å². The monoisotopic (exact) mass is 441 g/mol. The number of carboxylic acid groups (broad SMARTS) is 1. The van der Waals surface area contributed by atoms with Crippen LogP contribution in [0.15, 0.2) is 22.8 Å². The predicted molar refractivity (Wildman–Crippen MR) is 128 cm³/mol. The van der Waals surface area contributed by atoms with Crippen molar-refractivity contribution in [3.8, 4) is 0 Å². The number of hydrogen-bond donors (Lipinski definition) is 1. The number of aliphatic hydroxyl groups excluding tert-OH is 1. The maximum Gasteiger partial charge on any atom is 0.0649 e. The van der Waals surface area contributed by atoms with E-state index in [1.807, 2.05) is 0 Å². The van der Waals surface area contributed by atoms with E-state index in [1.54, 1.807) is 18.1 Å². The number of allylic oxidation sites excluding steroid dienone is 4. The summed E-state index contributed by atoms with van der Waals surface area (Å²) in [5.41, 5.74) is 3.84. The summed E-state index contributed by atoms with van der Waals surface area (Å²) in [5, 5.41) is 22.9. The van der Waals surface area contributed by atoms with Crippen LogP contribution in [0.5, 0.6) is 0 Å². The van der Waals surface area contributed by atoms with Crippen molar-refractivity contribution < 1.29 is 15.0 Å². The van der Waals surface area contributed by atoms with Crippen molar-refractivity contribution in [2.24, 2.45) is 39.9 Å². The summed E-state index contributed by atoms with van der Waals surface area (Å²) in [5.74, 6) is 1.13. The lowest BCUT2D eigenvalue weighted by Gasteiger charge is -2.60. The predicted octanol–water partition coefficient (Wildman–Crippen LogP) is 5.82. The van der Waals surface area contributed by atoms with Gasteiger partial charge in [0.05, 0.1) is 12.1 Å². The molecule has 2 saturated carbocycles. The molecule has 0 radical (unpaired) electrons. The standard InChI is InChI=1S/C29H46O3/c1-18(2)8-7-9-19(3)21-11-12-22-20-10-13-24-28(5,23(20)14-16-27(21,22)4)17-15-25(30)29(24,6)26(31)32/h8,19,21-22,24-25,30H,7,9-17H2,1-6H3,(H,31,32)/p-1/t19-,21+,22+,24-,25+,27-,28-,29+/m1/s1. The maximum atomic E-state index is 12.2. The van der Waals surface area contributed by atoms with Crippen LogP contribution in [0.2, 0.25) is 0 Å². The van der Waals surface area contributed by atoms with Crippen LogP contribution in [0, 0.1) is 39.9 Å². The van der Waals surface area contributed by atoms with Crippen LogP contribution >= 0.6 is 0 Å². The zero-order valence-electron chi connectivity index (χ0n) is 21.3. The zero-order valence-corrected chi connectivity index (χ0v) is 21.3. The number of aliphatic hydroxyl groups is 1. The van der Waals surface area contributed by atoms with Gasteiger partial charge >= 0.3 is 0 Å². The molecule has 4 aliphatic rings. The smallest absolute Gasteiger partial charge is 0.0649 e. The van der Waals surface area contributed by atoms with Gasteiger partial charge in [0, 0.05) is 5.41 Å². The van der Waals surface area contributed by atoms with E-state index in [0.29, 0.717) is 17.8 Å². The third-order valence-electron chi connectivity index (χ3n) is 10.9. The number of carbonyl (C=O) groups excluding carboxylic acids is 1. The van der Waals surface area contributed by atoms with Gasteiger partial charge in [-0.2, -0.15) is 0 Å². The number of hydrogen-bond acceptors (Lipinski definition) is 3. The Morgan fingerprint density at radius 1 is 1.12 bits per heavy atom. The van der Waals surface area contributed by atoms with Gasteiger partial charge in [0.25, 0.3) is 0 Å². The number of carbonyl (C=O) groups is 1. The SMILES string of the molecule is CC(C)=CCC[C@@H](C)[C@@H]1CC[C@H]2C3=C(CC[C@@]21C)[C@@]1(C)CC[C@H](O)[C@@](C)(C(=O)[O-])[C@@H]1CC3. The highest BCUT2D eigenvalue weighted by atomic mass is 16.4. The van der Waals surface area contributed by atoms with Gasteiger partial charge in [-0.25, -0.2) is 0 Å². The van der Waals surface area contributed by atoms with E-state index >= 15 is 0 Å². The summed E-state index contributed by atoms with van der Waals surface area (Å²) in [4.78, 5) is 12.2. The van der Waals surface area contributed by atoms with Gasteiger partial charge in [0.2, 0.25) is 0 Å². The quantitative estimate of drug-likeness (QED) is 0.547. The Morgan fingerprint density at radius 2 is 1.84 bits per heavy atom. The van der Waals surface area contributed by atoms with Crippen molar-refractivity contribution in [1.82, 2.24) is 0 Å². The molecule has 2 fully saturated rings. The lowest BCUT2D eigenvalue weighted by Crippen LogP contribution is -2.61. The Bertz CT molecular complexity index is 820. The summed E-state index contributed by atoms with van der Waals surface area (Å²) in [7, 11) is 0. The molecule has 0 aromatic rings. The van der Waals surface area contributed by atoms with E-state index in [9.17, 15) is 15.0 Å². The Labute approximate surface area is 195 Å². The molecule has 3 heteroatoms. The Kier molecular flexibility index (Phi) is 6.23. The van der Waals surface area contributed by atoms with Crippen LogP contribution in [0.4, 0.5) is 0 Å². The molecule has 0 spiro atoms. The lowest BCUT2D eigenvalue weighted by atomic mass is 9.45. The number of rotatable bonds is 5. The van der Waals surface area contributed by atoms with Crippen molar-refractivity contribution in [1.29, 1.82) is 0 Å². The van der Waals surface area contributed by atoms with E-state index in [0.717, 1.165) is 37.5 Å². The van der Waals surface area contributed by atoms with Crippen molar-refractivity contribution in [2.45, 2.75) is 112 Å². The molecule has 0 heterocycles. The molecule has 1 N–H and O–H groups in total. The van der Waals surface area contributed by atoms with Gasteiger partial charge in [-0.05, 0) is 113 Å². The Balaban J connectivity index is 1.62. The fraction of sp³-hybridized carbons (Fsp3) is 0.828. The molecule has 0 bridgehead atoms. The Hall–Kier alpha value is -1.09. The molecule has 0 saturated heterocycles. The summed E-state index contributed by atoms with van der Waals surface area (Å²) >= 11 is 0. The van der Waals surface area contributed by atoms with E-state index in [2.05, 4.69) is 40.7 Å². The summed E-state index contributed by atoms with van der Waals surface area (Å²) in [6.07, 6.45) is 12.4. The van der Waals surface area contributed by atoms with Gasteiger partial charge < -0.3 is 15.0 Å². The molecule has 0 aromatic heterocycles. The third kappa shape index (κ3) is 3.44. The largest absolute Gasteiger partial charge is 0.549 e. The van der Waals surface area contributed by atoms with Gasteiger partial charge in [-0.3, -0.25) is 0 Å². The van der Waals surface area contributed by atoms with Gasteiger partial charge in [-0.1, -0.05) is 50.5 Å². The van der Waals surface area contributed by atoms with E-state index < -0.39 is 17.5 Å². The number of carboxylic acids is 1. The average molecular weight is 442 g/mol. The molecule has 8 atom stereocenters. The van der Waals surface area contributed by atoms with Crippen molar-refractivity contribution in [2.75, 3.05) is 0 Å². The first-order valence-corrected chi connectivity index (χ1v) is 13.2. The fourth-order valence-corrected chi connectivity index (χ4v) is 9.07. The molecule has 3 nitrogen and oxygen atoms in total. The number of aliphatic carboxylic acids is 1. The highest BCUT2D eigenvalue weighted by Crippen LogP contribution is 2.68. The van der Waals surface area contributed by atoms with Crippen LogP contribution in [0.3, 0.4) is 0 Å². The molecule has 180 valence electrons. The van der Waals surface area contributed by atoms with Crippen LogP contribution in [0.1, 0.15) is 106 Å². The minimum atomic E-state index is -1.13. The second-order valence-corrected chi connectivity index (χ2v) is 12.7. The minimum absolute atomic E-state index is 0.0212. The first-order valence-electron chi connectivity index (χ1n) is 13.2. The molecule has 4 rings (SSSR count). The van der Waals surface area contributed by atoms with Crippen LogP contribution < -0.4 is 5.11 Å². The highest BCUT2D eigenvalue weighted by molar-refractivity contribution is 5.74. The topological polar surface area (TPSA) is 60.4 Å². The molecule has 0 aromatic carbocycles. The highest BCUT2D eigenvalue weighted by Gasteiger charge is 2.60. The van der Waals surface area contributed by atoms with Gasteiger partial charge in [0.1, 0.15) is 0 Å². The molecular formula is C29H45O3-. The van der Waals surface area contributed by atoms with Crippen LogP contribution in [-0.2, 0) is 4.79 Å². The molecule has 0 unspecified atom stereocenters. The molecular weight excluding hydrogens is 396 g/mol. The van der Waals surface area contributed by atoms with E-state index in [-0.39, 0.29) is 11.3 Å². The third-order valence-corrected chi connectivity index (χ3v) is 10.9. The van der Waals surface area contributed by atoms with E-state index in [1.165, 1.54) is 37.7 Å². The fourth-order valence-electron chi connectivity index (χ4n) is 9.07. The zero-order chi connectivity index (χ0) is 23.5. The first kappa shape index (κ1) is 24.0. The molecule has 4 aliphatic carbocycles. The molecule has 0 amide bonds.